The number of hydrogen-bond donors (Lipinski definition) is 1. The SMILES string of the molecule is CC(C)N(Cc1ccccc1)S(=O)(=O)c1ccsc1CO. The topological polar surface area (TPSA) is 57.6 Å². The molecular weight excluding hydrogens is 306 g/mol. The highest BCUT2D eigenvalue weighted by Gasteiger charge is 2.29. The van der Waals surface area contributed by atoms with Crippen molar-refractivity contribution in [2.24, 2.45) is 0 Å². The van der Waals surface area contributed by atoms with Gasteiger partial charge in [0.1, 0.15) is 0 Å². The first-order chi connectivity index (χ1) is 9.96. The molecule has 0 saturated carbocycles. The standard InChI is InChI=1S/C15H19NO3S2/c1-12(2)16(10-13-6-4-3-5-7-13)21(18,19)15-8-9-20-14(15)11-17/h3-9,12,17H,10-11H2,1-2H3. The minimum Gasteiger partial charge on any atom is -0.391 e. The summed E-state index contributed by atoms with van der Waals surface area (Å²) in [5.41, 5.74) is 0.940. The molecular formula is C15H19NO3S2. The summed E-state index contributed by atoms with van der Waals surface area (Å²) >= 11 is 1.26. The molecule has 114 valence electrons. The van der Waals surface area contributed by atoms with E-state index >= 15 is 0 Å². The highest BCUT2D eigenvalue weighted by molar-refractivity contribution is 7.89. The third kappa shape index (κ3) is 3.52. The van der Waals surface area contributed by atoms with Crippen LogP contribution < -0.4 is 0 Å². The Kier molecular flexibility index (Phi) is 5.16. The summed E-state index contributed by atoms with van der Waals surface area (Å²) < 4.78 is 27.1. The predicted octanol–water partition coefficient (Wildman–Crippen LogP) is 2.84. The smallest absolute Gasteiger partial charge is 0.244 e. The van der Waals surface area contributed by atoms with E-state index < -0.39 is 10.0 Å². The molecule has 0 amide bonds. The molecule has 1 heterocycles. The lowest BCUT2D eigenvalue weighted by atomic mass is 10.2. The molecule has 0 saturated heterocycles. The van der Waals surface area contributed by atoms with Crippen LogP contribution in [0.2, 0.25) is 0 Å². The van der Waals surface area contributed by atoms with Crippen molar-refractivity contribution in [3.8, 4) is 0 Å². The van der Waals surface area contributed by atoms with Crippen molar-refractivity contribution >= 4 is 21.4 Å². The second-order valence-corrected chi connectivity index (χ2v) is 7.86. The molecule has 0 spiro atoms. The Morgan fingerprint density at radius 3 is 2.43 bits per heavy atom. The average Bonchev–Trinajstić information content (AvgIpc) is 2.94. The third-order valence-corrected chi connectivity index (χ3v) is 6.33. The number of nitrogens with zero attached hydrogens (tertiary/aromatic N) is 1. The van der Waals surface area contributed by atoms with E-state index in [1.165, 1.54) is 15.6 Å². The lowest BCUT2D eigenvalue weighted by Crippen LogP contribution is -2.36. The molecule has 1 N–H and O–H groups in total. The van der Waals surface area contributed by atoms with Crippen molar-refractivity contribution in [3.63, 3.8) is 0 Å². The lowest BCUT2D eigenvalue weighted by Gasteiger charge is -2.26. The zero-order valence-corrected chi connectivity index (χ0v) is 13.7. The Labute approximate surface area is 129 Å². The molecule has 0 fully saturated rings. The Morgan fingerprint density at radius 1 is 1.19 bits per heavy atom. The summed E-state index contributed by atoms with van der Waals surface area (Å²) in [7, 11) is -3.61. The molecule has 0 unspecified atom stereocenters. The fraction of sp³-hybridized carbons (Fsp3) is 0.333. The molecule has 0 atom stereocenters. The molecule has 21 heavy (non-hydrogen) atoms. The maximum absolute atomic E-state index is 12.8. The van der Waals surface area contributed by atoms with Crippen LogP contribution in [0.4, 0.5) is 0 Å². The third-order valence-electron chi connectivity index (χ3n) is 3.19. The van der Waals surface area contributed by atoms with E-state index in [9.17, 15) is 13.5 Å². The van der Waals surface area contributed by atoms with Gasteiger partial charge < -0.3 is 5.11 Å². The van der Waals surface area contributed by atoms with Crippen molar-refractivity contribution < 1.29 is 13.5 Å². The summed E-state index contributed by atoms with van der Waals surface area (Å²) in [6.07, 6.45) is 0. The van der Waals surface area contributed by atoms with Crippen LogP contribution in [-0.4, -0.2) is 23.9 Å². The van der Waals surface area contributed by atoms with Gasteiger partial charge in [-0.1, -0.05) is 30.3 Å². The molecule has 2 rings (SSSR count). The van der Waals surface area contributed by atoms with Crippen LogP contribution in [0, 0.1) is 0 Å². The van der Waals surface area contributed by atoms with E-state index in [1.807, 2.05) is 44.2 Å². The first kappa shape index (κ1) is 16.2. The van der Waals surface area contributed by atoms with Crippen LogP contribution in [0.5, 0.6) is 0 Å². The largest absolute Gasteiger partial charge is 0.391 e. The van der Waals surface area contributed by atoms with Crippen molar-refractivity contribution in [2.75, 3.05) is 0 Å². The predicted molar refractivity (Wildman–Crippen MR) is 84.5 cm³/mol. The Balaban J connectivity index is 2.38. The average molecular weight is 325 g/mol. The highest BCUT2D eigenvalue weighted by atomic mass is 32.2. The van der Waals surface area contributed by atoms with Gasteiger partial charge in [0.2, 0.25) is 10.0 Å². The van der Waals surface area contributed by atoms with Crippen LogP contribution >= 0.6 is 11.3 Å². The zero-order valence-electron chi connectivity index (χ0n) is 12.1. The fourth-order valence-corrected chi connectivity index (χ4v) is 5.00. The van der Waals surface area contributed by atoms with Crippen LogP contribution in [0.25, 0.3) is 0 Å². The molecule has 1 aromatic heterocycles. The number of aliphatic hydroxyl groups excluding tert-OH is 1. The molecule has 4 nitrogen and oxygen atoms in total. The first-order valence-corrected chi connectivity index (χ1v) is 9.01. The van der Waals surface area contributed by atoms with Gasteiger partial charge in [0.15, 0.2) is 0 Å². The molecule has 1 aromatic carbocycles. The van der Waals surface area contributed by atoms with Gasteiger partial charge in [0.25, 0.3) is 0 Å². The Morgan fingerprint density at radius 2 is 1.86 bits per heavy atom. The number of hydrogen-bond acceptors (Lipinski definition) is 4. The van der Waals surface area contributed by atoms with Gasteiger partial charge in [-0.25, -0.2) is 8.42 Å². The van der Waals surface area contributed by atoms with Crippen molar-refractivity contribution in [1.82, 2.24) is 4.31 Å². The van der Waals surface area contributed by atoms with Gasteiger partial charge in [-0.2, -0.15) is 4.31 Å². The quantitative estimate of drug-likeness (QED) is 0.888. The van der Waals surface area contributed by atoms with E-state index in [1.54, 1.807) is 11.4 Å². The van der Waals surface area contributed by atoms with E-state index in [0.717, 1.165) is 5.56 Å². The number of rotatable bonds is 6. The summed E-state index contributed by atoms with van der Waals surface area (Å²) in [5.74, 6) is 0. The normalized spacial score (nSPS) is 12.2. The number of thiophene rings is 1. The fourth-order valence-electron chi connectivity index (χ4n) is 2.11. The molecule has 0 bridgehead atoms. The van der Waals surface area contributed by atoms with Crippen LogP contribution in [0.3, 0.4) is 0 Å². The Bertz CT molecular complexity index is 678. The second kappa shape index (κ2) is 6.70. The molecule has 0 aliphatic carbocycles. The zero-order chi connectivity index (χ0) is 15.5. The minimum atomic E-state index is -3.61. The van der Waals surface area contributed by atoms with E-state index in [-0.39, 0.29) is 17.5 Å². The van der Waals surface area contributed by atoms with Gasteiger partial charge in [0, 0.05) is 17.5 Å². The van der Waals surface area contributed by atoms with Gasteiger partial charge in [-0.05, 0) is 30.9 Å². The van der Waals surface area contributed by atoms with Gasteiger partial charge in [-0.3, -0.25) is 0 Å². The first-order valence-electron chi connectivity index (χ1n) is 6.70. The number of sulfonamides is 1. The van der Waals surface area contributed by atoms with Crippen LogP contribution in [0.1, 0.15) is 24.3 Å². The van der Waals surface area contributed by atoms with Crippen molar-refractivity contribution in [2.45, 2.75) is 37.9 Å². The van der Waals surface area contributed by atoms with Crippen molar-refractivity contribution in [3.05, 3.63) is 52.2 Å². The highest BCUT2D eigenvalue weighted by Crippen LogP contribution is 2.27. The molecule has 0 aliphatic rings. The molecule has 2 aromatic rings. The number of benzene rings is 1. The molecule has 0 aliphatic heterocycles. The molecule has 6 heteroatoms. The van der Waals surface area contributed by atoms with Crippen LogP contribution in [0.15, 0.2) is 46.7 Å². The second-order valence-electron chi connectivity index (χ2n) is 5.00. The van der Waals surface area contributed by atoms with Gasteiger partial charge in [-0.15, -0.1) is 11.3 Å². The number of aliphatic hydroxyl groups is 1. The summed E-state index contributed by atoms with van der Waals surface area (Å²) in [4.78, 5) is 0.688. The molecule has 0 radical (unpaired) electrons. The summed E-state index contributed by atoms with van der Waals surface area (Å²) in [6, 6.07) is 10.9. The maximum atomic E-state index is 12.8. The van der Waals surface area contributed by atoms with Crippen molar-refractivity contribution in [1.29, 1.82) is 0 Å². The summed E-state index contributed by atoms with van der Waals surface area (Å²) in [5, 5.41) is 11.0. The van der Waals surface area contributed by atoms with E-state index in [2.05, 4.69) is 0 Å². The Hall–Kier alpha value is -1.21. The van der Waals surface area contributed by atoms with E-state index in [4.69, 9.17) is 0 Å². The maximum Gasteiger partial charge on any atom is 0.244 e. The van der Waals surface area contributed by atoms with E-state index in [0.29, 0.717) is 11.4 Å². The summed E-state index contributed by atoms with van der Waals surface area (Å²) in [6.45, 7) is 3.77. The van der Waals surface area contributed by atoms with Gasteiger partial charge in [0.05, 0.1) is 11.5 Å². The lowest BCUT2D eigenvalue weighted by molar-refractivity contribution is 0.281. The van der Waals surface area contributed by atoms with Gasteiger partial charge >= 0.3 is 0 Å². The monoisotopic (exact) mass is 325 g/mol. The van der Waals surface area contributed by atoms with Crippen LogP contribution in [-0.2, 0) is 23.2 Å². The minimum absolute atomic E-state index is 0.165.